The fourth-order valence-corrected chi connectivity index (χ4v) is 4.31. The molecule has 3 rings (SSSR count). The topological polar surface area (TPSA) is 0 Å². The van der Waals surface area contributed by atoms with Gasteiger partial charge in [0, 0.05) is 16.8 Å². The Morgan fingerprint density at radius 3 is 0.857 bits per heavy atom. The second-order valence-electron chi connectivity index (χ2n) is 6.36. The maximum atomic E-state index is 2.23. The Kier molecular flexibility index (Phi) is 16.0. The van der Waals surface area contributed by atoms with Gasteiger partial charge in [-0.3, -0.25) is 0 Å². The van der Waals surface area contributed by atoms with E-state index in [9.17, 15) is 0 Å². The number of aryl methyl sites for hydroxylation is 3. The van der Waals surface area contributed by atoms with Gasteiger partial charge in [-0.25, -0.2) is 0 Å². The van der Waals surface area contributed by atoms with Crippen molar-refractivity contribution in [2.24, 2.45) is 0 Å². The summed E-state index contributed by atoms with van der Waals surface area (Å²) in [6, 6.07) is 25.9. The van der Waals surface area contributed by atoms with E-state index in [0.29, 0.717) is 0 Å². The fourth-order valence-electron chi connectivity index (χ4n) is 2.40. The molecule has 0 aliphatic carbocycles. The van der Waals surface area contributed by atoms with Crippen molar-refractivity contribution in [2.75, 3.05) is 20.0 Å². The van der Waals surface area contributed by atoms with E-state index in [1.807, 2.05) is 0 Å². The van der Waals surface area contributed by atoms with Crippen molar-refractivity contribution in [3.63, 3.8) is 0 Å². The molecule has 0 spiro atoms. The Morgan fingerprint density at radius 2 is 0.714 bits per heavy atom. The van der Waals surface area contributed by atoms with Crippen LogP contribution in [-0.2, 0) is 16.8 Å². The Bertz CT molecular complexity index is 695. The van der Waals surface area contributed by atoms with E-state index in [0.717, 1.165) is 25.7 Å². The zero-order valence-electron chi connectivity index (χ0n) is 17.8. The predicted molar refractivity (Wildman–Crippen MR) is 135 cm³/mol. The first-order valence-electron chi connectivity index (χ1n) is 9.21. The maximum absolute atomic E-state index is 2.23. The molecule has 1 radical (unpaired) electrons. The van der Waals surface area contributed by atoms with Crippen molar-refractivity contribution in [1.82, 2.24) is 0 Å². The van der Waals surface area contributed by atoms with Crippen LogP contribution in [0.5, 0.6) is 0 Å². The summed E-state index contributed by atoms with van der Waals surface area (Å²) in [5.41, 5.74) is 4.09. The molecular formula is C24H33CoP3. The van der Waals surface area contributed by atoms with E-state index >= 15 is 0 Å². The van der Waals surface area contributed by atoms with Gasteiger partial charge in [0.25, 0.3) is 0 Å². The Balaban J connectivity index is 0.000000384. The van der Waals surface area contributed by atoms with Crippen molar-refractivity contribution in [1.29, 1.82) is 0 Å². The molecule has 0 heterocycles. The minimum absolute atomic E-state index is 0. The Hall–Kier alpha value is -0.544. The van der Waals surface area contributed by atoms with E-state index in [1.54, 1.807) is 0 Å². The van der Waals surface area contributed by atoms with Crippen LogP contribution in [0.15, 0.2) is 72.8 Å². The van der Waals surface area contributed by atoms with Gasteiger partial charge >= 0.3 is 0 Å². The van der Waals surface area contributed by atoms with Gasteiger partial charge in [0.1, 0.15) is 0 Å². The van der Waals surface area contributed by atoms with Crippen molar-refractivity contribution in [3.05, 3.63) is 89.5 Å². The molecule has 0 aliphatic rings. The summed E-state index contributed by atoms with van der Waals surface area (Å²) in [4.78, 5) is 0. The summed E-state index contributed by atoms with van der Waals surface area (Å²) in [6.45, 7) is 13.0. The van der Waals surface area contributed by atoms with Crippen LogP contribution in [0.1, 0.15) is 16.7 Å². The second kappa shape index (κ2) is 16.3. The molecule has 0 N–H and O–H groups in total. The molecule has 0 saturated heterocycles. The van der Waals surface area contributed by atoms with Crippen molar-refractivity contribution in [2.45, 2.75) is 20.8 Å². The standard InChI is InChI=1S/3C8H11P.Co/c3*1-7-4-3-5-8(6-7)9-2;/h3*3-6,9H,1-2H3;. The number of hydrogen-bond acceptors (Lipinski definition) is 0. The molecule has 3 unspecified atom stereocenters. The van der Waals surface area contributed by atoms with Gasteiger partial charge in [-0.15, -0.1) is 0 Å². The molecule has 3 atom stereocenters. The van der Waals surface area contributed by atoms with Crippen LogP contribution in [-0.4, -0.2) is 20.0 Å². The Morgan fingerprint density at radius 1 is 0.464 bits per heavy atom. The summed E-state index contributed by atoms with van der Waals surface area (Å²) in [6.07, 6.45) is 0. The molecule has 0 fully saturated rings. The average Bonchev–Trinajstić information content (AvgIpc) is 2.69. The third-order valence-corrected chi connectivity index (χ3v) is 6.59. The number of rotatable bonds is 3. The molecule has 0 amide bonds. The fraction of sp³-hybridized carbons (Fsp3) is 0.250. The van der Waals surface area contributed by atoms with Crippen LogP contribution >= 0.6 is 25.7 Å². The van der Waals surface area contributed by atoms with Crippen LogP contribution in [0.4, 0.5) is 0 Å². The SMILES string of the molecule is CPc1cccc(C)c1.CPc1cccc(C)c1.CPc1cccc(C)c1.[Co]. The first kappa shape index (κ1) is 27.5. The molecule has 0 aliphatic heterocycles. The van der Waals surface area contributed by atoms with Gasteiger partial charge in [-0.2, -0.15) is 0 Å². The zero-order valence-corrected chi connectivity index (χ0v) is 21.8. The minimum atomic E-state index is 0. The summed E-state index contributed by atoms with van der Waals surface area (Å²) >= 11 is 0. The normalized spacial score (nSPS) is 10.5. The van der Waals surface area contributed by atoms with Gasteiger partial charge in [-0.05, 0) is 56.7 Å². The third kappa shape index (κ3) is 12.1. The first-order valence-corrected chi connectivity index (χ1v) is 13.7. The molecule has 0 aromatic heterocycles. The largest absolute Gasteiger partial charge is 0.0936 e. The molecule has 3 aromatic carbocycles. The van der Waals surface area contributed by atoms with Crippen LogP contribution < -0.4 is 15.9 Å². The van der Waals surface area contributed by atoms with Gasteiger partial charge < -0.3 is 0 Å². The van der Waals surface area contributed by atoms with E-state index < -0.39 is 0 Å². The van der Waals surface area contributed by atoms with Gasteiger partial charge in [0.2, 0.25) is 0 Å². The predicted octanol–water partition coefficient (Wildman–Crippen LogP) is 5.78. The van der Waals surface area contributed by atoms with Crippen molar-refractivity contribution >= 4 is 41.7 Å². The summed E-state index contributed by atoms with van der Waals surface area (Å²) in [7, 11) is 2.78. The van der Waals surface area contributed by atoms with Crippen LogP contribution in [0, 0.1) is 20.8 Å². The third-order valence-electron chi connectivity index (χ3n) is 3.92. The molecule has 28 heavy (non-hydrogen) atoms. The summed E-state index contributed by atoms with van der Waals surface area (Å²) < 4.78 is 0. The van der Waals surface area contributed by atoms with E-state index in [-0.39, 0.29) is 16.8 Å². The number of benzene rings is 3. The van der Waals surface area contributed by atoms with E-state index in [2.05, 4.69) is 114 Å². The molecule has 153 valence electrons. The van der Waals surface area contributed by atoms with Crippen LogP contribution in [0.25, 0.3) is 0 Å². The van der Waals surface area contributed by atoms with Gasteiger partial charge in [-0.1, -0.05) is 115 Å². The van der Waals surface area contributed by atoms with Crippen molar-refractivity contribution < 1.29 is 16.8 Å². The maximum Gasteiger partial charge on any atom is 0 e. The number of hydrogen-bond donors (Lipinski definition) is 0. The summed E-state index contributed by atoms with van der Waals surface area (Å²) in [5, 5.41) is 4.36. The summed E-state index contributed by atoms with van der Waals surface area (Å²) in [5.74, 6) is 0. The molecule has 3 aromatic rings. The Labute approximate surface area is 188 Å². The van der Waals surface area contributed by atoms with Crippen LogP contribution in [0.3, 0.4) is 0 Å². The van der Waals surface area contributed by atoms with E-state index in [4.69, 9.17) is 0 Å². The monoisotopic (exact) mass is 473 g/mol. The first-order chi connectivity index (χ1) is 13.0. The molecule has 4 heteroatoms. The molecule has 0 nitrogen and oxygen atoms in total. The molecule has 0 saturated carbocycles. The molecule has 0 bridgehead atoms. The van der Waals surface area contributed by atoms with E-state index in [1.165, 1.54) is 32.6 Å². The van der Waals surface area contributed by atoms with Crippen LogP contribution in [0.2, 0.25) is 0 Å². The smallest absolute Gasteiger partial charge is 0 e. The minimum Gasteiger partial charge on any atom is -0.0936 e. The zero-order chi connectivity index (χ0) is 20.1. The second-order valence-corrected chi connectivity index (χ2v) is 9.59. The van der Waals surface area contributed by atoms with Crippen molar-refractivity contribution in [3.8, 4) is 0 Å². The average molecular weight is 473 g/mol. The van der Waals surface area contributed by atoms with Gasteiger partial charge in [0.15, 0.2) is 0 Å². The molecular weight excluding hydrogens is 440 g/mol. The van der Waals surface area contributed by atoms with Gasteiger partial charge in [0.05, 0.1) is 0 Å². The quantitative estimate of drug-likeness (QED) is 0.423.